The van der Waals surface area contributed by atoms with Crippen molar-refractivity contribution in [2.24, 2.45) is 11.1 Å². The topological polar surface area (TPSA) is 89.3 Å². The molecule has 3 N–H and O–H groups in total. The van der Waals surface area contributed by atoms with Gasteiger partial charge in [0.15, 0.2) is 0 Å². The van der Waals surface area contributed by atoms with Crippen LogP contribution < -0.4 is 10.5 Å². The molecule has 2 aromatic rings. The quantitative estimate of drug-likeness (QED) is 0.765. The predicted octanol–water partition coefficient (Wildman–Crippen LogP) is 2.82. The number of carbonyl (C=O) groups excluding carboxylic acids is 1. The highest BCUT2D eigenvalue weighted by Gasteiger charge is 2.44. The van der Waals surface area contributed by atoms with Crippen molar-refractivity contribution in [1.82, 2.24) is 5.32 Å². The number of amides is 1. The maximum Gasteiger partial charge on any atom is 0.416 e. The molecular formula is C19H19F3N2O3S. The largest absolute Gasteiger partial charge is 0.416 e. The van der Waals surface area contributed by atoms with Gasteiger partial charge in [-0.15, -0.1) is 0 Å². The molecule has 9 heteroatoms. The summed E-state index contributed by atoms with van der Waals surface area (Å²) in [6.07, 6.45) is -3.24. The third-order valence-electron chi connectivity index (χ3n) is 4.76. The zero-order valence-corrected chi connectivity index (χ0v) is 15.6. The van der Waals surface area contributed by atoms with Crippen LogP contribution in [0.25, 0.3) is 0 Å². The molecule has 1 fully saturated rings. The fourth-order valence-electron chi connectivity index (χ4n) is 3.08. The Kier molecular flexibility index (Phi) is 5.49. The van der Waals surface area contributed by atoms with Crippen LogP contribution >= 0.6 is 0 Å². The van der Waals surface area contributed by atoms with E-state index in [1.807, 2.05) is 0 Å². The molecule has 2 aromatic carbocycles. The number of sulfonamides is 1. The first-order chi connectivity index (χ1) is 13.1. The second-order valence-electron chi connectivity index (χ2n) is 6.80. The van der Waals surface area contributed by atoms with Gasteiger partial charge in [0.05, 0.1) is 10.5 Å². The van der Waals surface area contributed by atoms with E-state index < -0.39 is 21.8 Å². The second-order valence-corrected chi connectivity index (χ2v) is 8.36. The average molecular weight is 412 g/mol. The summed E-state index contributed by atoms with van der Waals surface area (Å²) in [5.41, 5.74) is 0.876. The van der Waals surface area contributed by atoms with Gasteiger partial charge in [-0.25, -0.2) is 13.6 Å². The number of primary sulfonamides is 1. The molecule has 150 valence electrons. The molecule has 0 saturated heterocycles. The number of hydrogen-bond donors (Lipinski definition) is 2. The Morgan fingerprint density at radius 1 is 1.07 bits per heavy atom. The van der Waals surface area contributed by atoms with Crippen molar-refractivity contribution in [3.63, 3.8) is 0 Å². The first-order valence-corrected chi connectivity index (χ1v) is 10.2. The Bertz CT molecular complexity index is 955. The molecule has 1 amide bonds. The van der Waals surface area contributed by atoms with Crippen molar-refractivity contribution >= 4 is 15.9 Å². The van der Waals surface area contributed by atoms with Gasteiger partial charge >= 0.3 is 6.18 Å². The van der Waals surface area contributed by atoms with E-state index in [1.54, 1.807) is 12.1 Å². The smallest absolute Gasteiger partial charge is 0.356 e. The van der Waals surface area contributed by atoms with Crippen LogP contribution in [0.5, 0.6) is 0 Å². The Hall–Kier alpha value is -2.39. The van der Waals surface area contributed by atoms with Crippen molar-refractivity contribution in [1.29, 1.82) is 0 Å². The molecule has 3 rings (SSSR count). The molecule has 1 aliphatic rings. The van der Waals surface area contributed by atoms with Gasteiger partial charge in [0.2, 0.25) is 15.9 Å². The van der Waals surface area contributed by atoms with Gasteiger partial charge in [-0.3, -0.25) is 4.79 Å². The summed E-state index contributed by atoms with van der Waals surface area (Å²) in [5, 5.41) is 7.85. The summed E-state index contributed by atoms with van der Waals surface area (Å²) in [5.74, 6) is -0.427. The molecule has 0 spiro atoms. The van der Waals surface area contributed by atoms with Gasteiger partial charge in [-0.05, 0) is 54.2 Å². The van der Waals surface area contributed by atoms with E-state index in [9.17, 15) is 26.4 Å². The van der Waals surface area contributed by atoms with Crippen LogP contribution in [0.15, 0.2) is 53.4 Å². The molecule has 1 aliphatic carbocycles. The van der Waals surface area contributed by atoms with Crippen molar-refractivity contribution < 1.29 is 26.4 Å². The minimum atomic E-state index is -4.37. The van der Waals surface area contributed by atoms with Gasteiger partial charge in [-0.2, -0.15) is 13.2 Å². The normalized spacial score (nSPS) is 19.3. The van der Waals surface area contributed by atoms with E-state index in [-0.39, 0.29) is 22.6 Å². The number of benzene rings is 2. The van der Waals surface area contributed by atoms with E-state index in [2.05, 4.69) is 5.32 Å². The van der Waals surface area contributed by atoms with Gasteiger partial charge in [0.25, 0.3) is 0 Å². The first-order valence-electron chi connectivity index (χ1n) is 8.62. The van der Waals surface area contributed by atoms with Crippen LogP contribution in [-0.4, -0.2) is 20.9 Å². The predicted molar refractivity (Wildman–Crippen MR) is 96.8 cm³/mol. The Morgan fingerprint density at radius 3 is 2.21 bits per heavy atom. The van der Waals surface area contributed by atoms with E-state index in [4.69, 9.17) is 5.14 Å². The highest BCUT2D eigenvalue weighted by Crippen LogP contribution is 2.47. The number of carbonyl (C=O) groups is 1. The summed E-state index contributed by atoms with van der Waals surface area (Å²) < 4.78 is 60.2. The molecule has 28 heavy (non-hydrogen) atoms. The van der Waals surface area contributed by atoms with Crippen molar-refractivity contribution in [2.45, 2.75) is 29.8 Å². The molecular weight excluding hydrogens is 393 g/mol. The second kappa shape index (κ2) is 7.56. The SMILES string of the molecule is NS(=O)(=O)c1ccc(CCNC(=O)C2CC2c2ccc(C(F)(F)F)cc2)cc1. The average Bonchev–Trinajstić information content (AvgIpc) is 3.41. The number of hydrogen-bond acceptors (Lipinski definition) is 3. The van der Waals surface area contributed by atoms with E-state index in [1.165, 1.54) is 24.3 Å². The molecule has 0 aliphatic heterocycles. The Morgan fingerprint density at radius 2 is 1.68 bits per heavy atom. The van der Waals surface area contributed by atoms with Gasteiger partial charge < -0.3 is 5.32 Å². The summed E-state index contributed by atoms with van der Waals surface area (Å²) >= 11 is 0. The third kappa shape index (κ3) is 4.90. The van der Waals surface area contributed by atoms with Gasteiger partial charge in [0.1, 0.15) is 0 Å². The lowest BCUT2D eigenvalue weighted by Crippen LogP contribution is -2.27. The molecule has 0 heterocycles. The summed E-state index contributed by atoms with van der Waals surface area (Å²) in [6, 6.07) is 11.0. The summed E-state index contributed by atoms with van der Waals surface area (Å²) in [4.78, 5) is 12.2. The molecule has 0 bridgehead atoms. The number of rotatable bonds is 6. The lowest BCUT2D eigenvalue weighted by atomic mass is 10.1. The minimum Gasteiger partial charge on any atom is -0.356 e. The molecule has 0 aromatic heterocycles. The maximum absolute atomic E-state index is 12.6. The summed E-state index contributed by atoms with van der Waals surface area (Å²) in [6.45, 7) is 0.379. The maximum atomic E-state index is 12.6. The van der Waals surface area contributed by atoms with Crippen LogP contribution in [0.2, 0.25) is 0 Å². The summed E-state index contributed by atoms with van der Waals surface area (Å²) in [7, 11) is -3.73. The van der Waals surface area contributed by atoms with Crippen LogP contribution in [-0.2, 0) is 27.4 Å². The lowest BCUT2D eigenvalue weighted by molar-refractivity contribution is -0.137. The Balaban J connectivity index is 1.48. The number of nitrogens with one attached hydrogen (secondary N) is 1. The van der Waals surface area contributed by atoms with E-state index in [0.717, 1.165) is 23.3 Å². The number of halogens is 3. The highest BCUT2D eigenvalue weighted by atomic mass is 32.2. The first kappa shape index (κ1) is 20.3. The van der Waals surface area contributed by atoms with Crippen LogP contribution in [0, 0.1) is 5.92 Å². The third-order valence-corrected chi connectivity index (χ3v) is 5.69. The number of nitrogens with two attached hydrogens (primary N) is 1. The van der Waals surface area contributed by atoms with Crippen LogP contribution in [0.3, 0.4) is 0 Å². The molecule has 2 unspecified atom stereocenters. The highest BCUT2D eigenvalue weighted by molar-refractivity contribution is 7.89. The molecule has 5 nitrogen and oxygen atoms in total. The molecule has 2 atom stereocenters. The standard InChI is InChI=1S/C19H19F3N2O3S/c20-19(21,22)14-5-3-13(4-6-14)16-11-17(16)18(25)24-10-9-12-1-7-15(8-2-12)28(23,26)27/h1-8,16-17H,9-11H2,(H,24,25)(H2,23,26,27). The lowest BCUT2D eigenvalue weighted by Gasteiger charge is -2.08. The van der Waals surface area contributed by atoms with Crippen molar-refractivity contribution in [2.75, 3.05) is 6.54 Å². The number of alkyl halides is 3. The zero-order valence-electron chi connectivity index (χ0n) is 14.7. The van der Waals surface area contributed by atoms with Crippen molar-refractivity contribution in [3.8, 4) is 0 Å². The zero-order chi connectivity index (χ0) is 20.5. The fourth-order valence-corrected chi connectivity index (χ4v) is 3.59. The minimum absolute atomic E-state index is 0.0256. The van der Waals surface area contributed by atoms with Crippen LogP contribution in [0.1, 0.15) is 29.0 Å². The van der Waals surface area contributed by atoms with Gasteiger partial charge in [0, 0.05) is 12.5 Å². The Labute approximate surface area is 160 Å². The van der Waals surface area contributed by atoms with Crippen LogP contribution in [0.4, 0.5) is 13.2 Å². The molecule has 0 radical (unpaired) electrons. The van der Waals surface area contributed by atoms with Gasteiger partial charge in [-0.1, -0.05) is 24.3 Å². The molecule has 1 saturated carbocycles. The van der Waals surface area contributed by atoms with E-state index >= 15 is 0 Å². The monoisotopic (exact) mass is 412 g/mol. The van der Waals surface area contributed by atoms with E-state index in [0.29, 0.717) is 19.4 Å². The van der Waals surface area contributed by atoms with Crippen molar-refractivity contribution in [3.05, 3.63) is 65.2 Å². The fraction of sp³-hybridized carbons (Fsp3) is 0.316.